The zero-order chi connectivity index (χ0) is 10.0. The average Bonchev–Trinajstić information content (AvgIpc) is 2.98. The van der Waals surface area contributed by atoms with Crippen molar-refractivity contribution >= 4 is 28.5 Å². The highest BCUT2D eigenvalue weighted by atomic mass is 127. The minimum atomic E-state index is 0.548. The first-order valence-corrected chi connectivity index (χ1v) is 6.03. The minimum Gasteiger partial charge on any atom is -0.354 e. The first kappa shape index (κ1) is 10.1. The van der Waals surface area contributed by atoms with Gasteiger partial charge in [-0.25, -0.2) is 9.97 Å². The van der Waals surface area contributed by atoms with Gasteiger partial charge in [0, 0.05) is 22.5 Å². The molecule has 1 N–H and O–H groups in total. The van der Waals surface area contributed by atoms with Gasteiger partial charge < -0.3 is 5.32 Å². The molecular weight excluding hydrogens is 289 g/mol. The Labute approximate surface area is 97.9 Å². The summed E-state index contributed by atoms with van der Waals surface area (Å²) in [6, 6.07) is 0. The van der Waals surface area contributed by atoms with Crippen LogP contribution in [0.5, 0.6) is 0 Å². The molecule has 14 heavy (non-hydrogen) atoms. The van der Waals surface area contributed by atoms with Crippen molar-refractivity contribution < 1.29 is 0 Å². The number of aromatic nitrogens is 2. The Kier molecular flexibility index (Phi) is 2.90. The van der Waals surface area contributed by atoms with E-state index in [0.717, 1.165) is 16.1 Å². The van der Waals surface area contributed by atoms with Crippen molar-refractivity contribution in [3.8, 4) is 0 Å². The van der Waals surface area contributed by atoms with E-state index in [1.165, 1.54) is 19.3 Å². The molecule has 0 unspecified atom stereocenters. The van der Waals surface area contributed by atoms with Gasteiger partial charge in [0.2, 0.25) is 5.95 Å². The smallest absolute Gasteiger partial charge is 0.222 e. The Bertz CT molecular complexity index is 306. The highest BCUT2D eigenvalue weighted by Crippen LogP contribution is 2.48. The lowest BCUT2D eigenvalue weighted by molar-refractivity contribution is 0.520. The Morgan fingerprint density at radius 3 is 2.57 bits per heavy atom. The van der Waals surface area contributed by atoms with Crippen LogP contribution in [-0.2, 0) is 0 Å². The molecule has 1 heterocycles. The van der Waals surface area contributed by atoms with Gasteiger partial charge in [-0.15, -0.1) is 0 Å². The van der Waals surface area contributed by atoms with Crippen molar-refractivity contribution in [3.05, 3.63) is 16.0 Å². The lowest BCUT2D eigenvalue weighted by atomic mass is 10.0. The summed E-state index contributed by atoms with van der Waals surface area (Å²) in [5.41, 5.74) is 0.548. The van der Waals surface area contributed by atoms with E-state index in [2.05, 4.69) is 44.8 Å². The summed E-state index contributed by atoms with van der Waals surface area (Å²) in [7, 11) is 0. The first-order chi connectivity index (χ1) is 6.74. The maximum atomic E-state index is 4.21. The number of nitrogens with zero attached hydrogens (tertiary/aromatic N) is 2. The molecular formula is C10H14IN3. The molecule has 0 spiro atoms. The van der Waals surface area contributed by atoms with Crippen LogP contribution in [-0.4, -0.2) is 16.5 Å². The Hall–Kier alpha value is -0.390. The van der Waals surface area contributed by atoms with Crippen LogP contribution in [0.3, 0.4) is 0 Å². The van der Waals surface area contributed by atoms with Crippen molar-refractivity contribution in [2.75, 3.05) is 11.9 Å². The number of halogens is 1. The normalized spacial score (nSPS) is 17.9. The van der Waals surface area contributed by atoms with Gasteiger partial charge in [0.05, 0.1) is 0 Å². The molecule has 0 saturated heterocycles. The fourth-order valence-electron chi connectivity index (χ4n) is 1.50. The number of hydrogen-bond donors (Lipinski definition) is 1. The second-order valence-corrected chi connectivity index (χ2v) is 5.18. The molecule has 3 nitrogen and oxygen atoms in total. The quantitative estimate of drug-likeness (QED) is 0.869. The van der Waals surface area contributed by atoms with Gasteiger partial charge in [-0.1, -0.05) is 6.92 Å². The summed E-state index contributed by atoms with van der Waals surface area (Å²) >= 11 is 2.21. The number of hydrogen-bond acceptors (Lipinski definition) is 3. The van der Waals surface area contributed by atoms with E-state index in [-0.39, 0.29) is 0 Å². The molecule has 0 atom stereocenters. The van der Waals surface area contributed by atoms with Crippen LogP contribution in [0.1, 0.15) is 26.2 Å². The van der Waals surface area contributed by atoms with E-state index in [9.17, 15) is 0 Å². The summed E-state index contributed by atoms with van der Waals surface area (Å²) < 4.78 is 1.07. The first-order valence-electron chi connectivity index (χ1n) is 4.95. The molecule has 0 bridgehead atoms. The monoisotopic (exact) mass is 303 g/mol. The number of rotatable bonds is 4. The zero-order valence-corrected chi connectivity index (χ0v) is 10.4. The molecule has 76 valence electrons. The molecule has 1 aromatic rings. The van der Waals surface area contributed by atoms with Gasteiger partial charge in [-0.3, -0.25) is 0 Å². The molecule has 0 amide bonds. The van der Waals surface area contributed by atoms with Gasteiger partial charge in [0.25, 0.3) is 0 Å². The molecule has 1 aliphatic carbocycles. The van der Waals surface area contributed by atoms with Crippen molar-refractivity contribution in [2.24, 2.45) is 5.41 Å². The van der Waals surface area contributed by atoms with Gasteiger partial charge in [-0.2, -0.15) is 0 Å². The van der Waals surface area contributed by atoms with Crippen molar-refractivity contribution in [1.29, 1.82) is 0 Å². The summed E-state index contributed by atoms with van der Waals surface area (Å²) in [6.07, 6.45) is 7.62. The molecule has 0 aliphatic heterocycles. The van der Waals surface area contributed by atoms with Crippen LogP contribution in [0.25, 0.3) is 0 Å². The highest BCUT2D eigenvalue weighted by Gasteiger charge is 2.40. The Balaban J connectivity index is 1.89. The topological polar surface area (TPSA) is 37.8 Å². The lowest BCUT2D eigenvalue weighted by Gasteiger charge is -2.12. The van der Waals surface area contributed by atoms with Crippen molar-refractivity contribution in [1.82, 2.24) is 9.97 Å². The SMILES string of the molecule is CCC1(CNc2ncc(I)cn2)CC1. The predicted octanol–water partition coefficient (Wildman–Crippen LogP) is 2.68. The van der Waals surface area contributed by atoms with E-state index in [1.807, 2.05) is 12.4 Å². The predicted molar refractivity (Wildman–Crippen MR) is 65.2 cm³/mol. The maximum absolute atomic E-state index is 4.21. The van der Waals surface area contributed by atoms with E-state index >= 15 is 0 Å². The molecule has 0 radical (unpaired) electrons. The van der Waals surface area contributed by atoms with Crippen LogP contribution >= 0.6 is 22.6 Å². The van der Waals surface area contributed by atoms with E-state index in [4.69, 9.17) is 0 Å². The molecule has 2 rings (SSSR count). The Morgan fingerprint density at radius 2 is 2.07 bits per heavy atom. The molecule has 1 aliphatic rings. The second-order valence-electron chi connectivity index (χ2n) is 3.93. The summed E-state index contributed by atoms with van der Waals surface area (Å²) in [6.45, 7) is 3.27. The molecule has 1 fully saturated rings. The van der Waals surface area contributed by atoms with Gasteiger partial charge in [-0.05, 0) is 47.3 Å². The van der Waals surface area contributed by atoms with Crippen LogP contribution in [0.2, 0.25) is 0 Å². The standard InChI is InChI=1S/C10H14IN3/c1-2-10(3-4-10)7-14-9-12-5-8(11)6-13-9/h5-6H,2-4,7H2,1H3,(H,12,13,14). The van der Waals surface area contributed by atoms with E-state index < -0.39 is 0 Å². The summed E-state index contributed by atoms with van der Waals surface area (Å²) in [4.78, 5) is 8.43. The highest BCUT2D eigenvalue weighted by molar-refractivity contribution is 14.1. The van der Waals surface area contributed by atoms with Gasteiger partial charge >= 0.3 is 0 Å². The molecule has 4 heteroatoms. The second kappa shape index (κ2) is 4.00. The van der Waals surface area contributed by atoms with Crippen LogP contribution in [0.4, 0.5) is 5.95 Å². The third kappa shape index (κ3) is 2.34. The van der Waals surface area contributed by atoms with Crippen LogP contribution in [0, 0.1) is 8.99 Å². The third-order valence-corrected chi connectivity index (χ3v) is 3.51. The summed E-state index contributed by atoms with van der Waals surface area (Å²) in [5, 5.41) is 3.30. The number of nitrogens with one attached hydrogen (secondary N) is 1. The third-order valence-electron chi connectivity index (χ3n) is 2.95. The molecule has 1 aromatic heterocycles. The largest absolute Gasteiger partial charge is 0.354 e. The van der Waals surface area contributed by atoms with Crippen molar-refractivity contribution in [3.63, 3.8) is 0 Å². The van der Waals surface area contributed by atoms with Crippen LogP contribution < -0.4 is 5.32 Å². The molecule has 0 aromatic carbocycles. The number of anilines is 1. The summed E-state index contributed by atoms with van der Waals surface area (Å²) in [5.74, 6) is 0.755. The van der Waals surface area contributed by atoms with E-state index in [0.29, 0.717) is 5.41 Å². The lowest BCUT2D eigenvalue weighted by Crippen LogP contribution is -2.15. The van der Waals surface area contributed by atoms with E-state index in [1.54, 1.807) is 0 Å². The minimum absolute atomic E-state index is 0.548. The van der Waals surface area contributed by atoms with Gasteiger partial charge in [0.15, 0.2) is 0 Å². The van der Waals surface area contributed by atoms with Crippen molar-refractivity contribution in [2.45, 2.75) is 26.2 Å². The maximum Gasteiger partial charge on any atom is 0.222 e. The van der Waals surface area contributed by atoms with Crippen LogP contribution in [0.15, 0.2) is 12.4 Å². The molecule has 1 saturated carbocycles. The fraction of sp³-hybridized carbons (Fsp3) is 0.600. The average molecular weight is 303 g/mol. The fourth-order valence-corrected chi connectivity index (χ4v) is 1.78. The Morgan fingerprint density at radius 1 is 1.43 bits per heavy atom. The van der Waals surface area contributed by atoms with Gasteiger partial charge in [0.1, 0.15) is 0 Å². The zero-order valence-electron chi connectivity index (χ0n) is 8.26.